The molecular weight excluding hydrogens is 152 g/mol. The Morgan fingerprint density at radius 1 is 1.67 bits per heavy atom. The molecule has 0 fully saturated rings. The minimum Gasteiger partial charge on any atom is -0.396 e. The van der Waals surface area contributed by atoms with Gasteiger partial charge in [0.2, 0.25) is 0 Å². The summed E-state index contributed by atoms with van der Waals surface area (Å²) < 4.78 is 0. The lowest BCUT2D eigenvalue weighted by Gasteiger charge is -2.08. The summed E-state index contributed by atoms with van der Waals surface area (Å²) >= 11 is 0. The lowest BCUT2D eigenvalue weighted by Crippen LogP contribution is -2.07. The molecular formula is C9H14N2O. The Hall–Kier alpha value is -1.09. The first-order valence-electron chi connectivity index (χ1n) is 4.04. The molecule has 1 heterocycles. The molecule has 0 aliphatic heterocycles. The Labute approximate surface area is 72.2 Å². The summed E-state index contributed by atoms with van der Waals surface area (Å²) in [6.07, 6.45) is 2.46. The van der Waals surface area contributed by atoms with Crippen LogP contribution in [0.25, 0.3) is 0 Å². The first kappa shape index (κ1) is 9.00. The third-order valence-electron chi connectivity index (χ3n) is 1.81. The second kappa shape index (κ2) is 4.07. The zero-order valence-electron chi connectivity index (χ0n) is 7.20. The van der Waals surface area contributed by atoms with E-state index >= 15 is 0 Å². The molecule has 3 heteroatoms. The highest BCUT2D eigenvalue weighted by Gasteiger charge is 2.04. The van der Waals surface area contributed by atoms with Crippen LogP contribution in [0.15, 0.2) is 18.3 Å². The molecule has 12 heavy (non-hydrogen) atoms. The highest BCUT2D eigenvalue weighted by atomic mass is 16.3. The average Bonchev–Trinajstić information content (AvgIpc) is 2.09. The Balaban J connectivity index is 2.69. The van der Waals surface area contributed by atoms with E-state index in [9.17, 15) is 0 Å². The summed E-state index contributed by atoms with van der Waals surface area (Å²) in [4.78, 5) is 3.96. The molecule has 1 unspecified atom stereocenters. The average molecular weight is 166 g/mol. The number of aliphatic hydroxyl groups excluding tert-OH is 1. The Kier molecular flexibility index (Phi) is 3.05. The molecule has 3 nitrogen and oxygen atoms in total. The number of hydrogen-bond acceptors (Lipinski definition) is 3. The van der Waals surface area contributed by atoms with Gasteiger partial charge in [-0.3, -0.25) is 0 Å². The van der Waals surface area contributed by atoms with Crippen LogP contribution in [0.5, 0.6) is 0 Å². The second-order valence-electron chi connectivity index (χ2n) is 3.04. The second-order valence-corrected chi connectivity index (χ2v) is 3.04. The lowest BCUT2D eigenvalue weighted by molar-refractivity contribution is 0.237. The summed E-state index contributed by atoms with van der Waals surface area (Å²) in [6.45, 7) is 2.17. The molecule has 0 saturated carbocycles. The molecule has 0 saturated heterocycles. The Morgan fingerprint density at radius 3 is 3.00 bits per heavy atom. The zero-order chi connectivity index (χ0) is 8.97. The van der Waals surface area contributed by atoms with Crippen molar-refractivity contribution in [3.63, 3.8) is 0 Å². The number of nitrogen functional groups attached to an aromatic ring is 1. The maximum atomic E-state index is 8.83. The molecule has 0 bridgehead atoms. The highest BCUT2D eigenvalue weighted by molar-refractivity contribution is 5.38. The van der Waals surface area contributed by atoms with E-state index in [2.05, 4.69) is 4.98 Å². The van der Waals surface area contributed by atoms with Crippen molar-refractivity contribution in [1.29, 1.82) is 0 Å². The van der Waals surface area contributed by atoms with E-state index in [0.29, 0.717) is 5.82 Å². The van der Waals surface area contributed by atoms with Crippen LogP contribution >= 0.6 is 0 Å². The van der Waals surface area contributed by atoms with E-state index in [1.165, 1.54) is 0 Å². The smallest absolute Gasteiger partial charge is 0.126 e. The Bertz CT molecular complexity index is 250. The molecule has 1 atom stereocenters. The molecule has 66 valence electrons. The normalized spacial score (nSPS) is 12.8. The SMILES string of the molecule is CC(CO)Cc1cccnc1N. The van der Waals surface area contributed by atoms with E-state index in [1.54, 1.807) is 6.20 Å². The van der Waals surface area contributed by atoms with Crippen molar-refractivity contribution in [2.45, 2.75) is 13.3 Å². The number of nitrogens with zero attached hydrogens (tertiary/aromatic N) is 1. The third kappa shape index (κ3) is 2.20. The van der Waals surface area contributed by atoms with E-state index in [1.807, 2.05) is 19.1 Å². The van der Waals surface area contributed by atoms with Gasteiger partial charge in [0.15, 0.2) is 0 Å². The molecule has 1 aromatic rings. The molecule has 1 aromatic heterocycles. The molecule has 3 N–H and O–H groups in total. The van der Waals surface area contributed by atoms with Crippen molar-refractivity contribution in [2.24, 2.45) is 5.92 Å². The van der Waals surface area contributed by atoms with Gasteiger partial charge in [0.1, 0.15) is 5.82 Å². The van der Waals surface area contributed by atoms with Crippen molar-refractivity contribution in [3.05, 3.63) is 23.9 Å². The molecule has 0 spiro atoms. The molecule has 0 amide bonds. The van der Waals surface area contributed by atoms with Gasteiger partial charge in [-0.05, 0) is 24.0 Å². The summed E-state index contributed by atoms with van der Waals surface area (Å²) in [5, 5.41) is 8.83. The van der Waals surface area contributed by atoms with E-state index in [0.717, 1.165) is 12.0 Å². The monoisotopic (exact) mass is 166 g/mol. The van der Waals surface area contributed by atoms with Gasteiger partial charge in [-0.1, -0.05) is 13.0 Å². The van der Waals surface area contributed by atoms with Crippen molar-refractivity contribution in [1.82, 2.24) is 4.98 Å². The molecule has 0 aliphatic carbocycles. The maximum Gasteiger partial charge on any atom is 0.126 e. The van der Waals surface area contributed by atoms with Crippen molar-refractivity contribution in [3.8, 4) is 0 Å². The quantitative estimate of drug-likeness (QED) is 0.699. The van der Waals surface area contributed by atoms with Crippen LogP contribution in [0.1, 0.15) is 12.5 Å². The van der Waals surface area contributed by atoms with Crippen molar-refractivity contribution >= 4 is 5.82 Å². The van der Waals surface area contributed by atoms with Crippen molar-refractivity contribution < 1.29 is 5.11 Å². The van der Waals surface area contributed by atoms with Crippen LogP contribution in [0.2, 0.25) is 0 Å². The van der Waals surface area contributed by atoms with Gasteiger partial charge in [-0.15, -0.1) is 0 Å². The molecule has 1 rings (SSSR count). The third-order valence-corrected chi connectivity index (χ3v) is 1.81. The van der Waals surface area contributed by atoms with Gasteiger partial charge in [-0.2, -0.15) is 0 Å². The fourth-order valence-electron chi connectivity index (χ4n) is 1.06. The van der Waals surface area contributed by atoms with Crippen LogP contribution in [0.4, 0.5) is 5.82 Å². The first-order valence-corrected chi connectivity index (χ1v) is 4.04. The minimum atomic E-state index is 0.189. The molecule has 0 aliphatic rings. The molecule has 0 radical (unpaired) electrons. The number of hydrogen-bond donors (Lipinski definition) is 2. The molecule has 0 aromatic carbocycles. The van der Waals surface area contributed by atoms with Crippen molar-refractivity contribution in [2.75, 3.05) is 12.3 Å². The number of pyridine rings is 1. The Morgan fingerprint density at radius 2 is 2.42 bits per heavy atom. The van der Waals surface area contributed by atoms with Gasteiger partial charge < -0.3 is 10.8 Å². The van der Waals surface area contributed by atoms with E-state index < -0.39 is 0 Å². The lowest BCUT2D eigenvalue weighted by atomic mass is 10.0. The van der Waals surface area contributed by atoms with Crippen LogP contribution in [0.3, 0.4) is 0 Å². The largest absolute Gasteiger partial charge is 0.396 e. The highest BCUT2D eigenvalue weighted by Crippen LogP contribution is 2.12. The summed E-state index contributed by atoms with van der Waals surface area (Å²) in [7, 11) is 0. The number of nitrogens with two attached hydrogens (primary N) is 1. The van der Waals surface area contributed by atoms with Crippen LogP contribution in [-0.2, 0) is 6.42 Å². The summed E-state index contributed by atoms with van der Waals surface area (Å²) in [6, 6.07) is 3.80. The van der Waals surface area contributed by atoms with Crippen LogP contribution in [0, 0.1) is 5.92 Å². The number of aromatic nitrogens is 1. The predicted octanol–water partition coefficient (Wildman–Crippen LogP) is 0.835. The number of anilines is 1. The fourth-order valence-corrected chi connectivity index (χ4v) is 1.06. The van der Waals surface area contributed by atoms with Gasteiger partial charge in [0, 0.05) is 12.8 Å². The van der Waals surface area contributed by atoms with Gasteiger partial charge in [0.05, 0.1) is 0 Å². The van der Waals surface area contributed by atoms with Gasteiger partial charge in [0.25, 0.3) is 0 Å². The zero-order valence-corrected chi connectivity index (χ0v) is 7.20. The minimum absolute atomic E-state index is 0.189. The van der Waals surface area contributed by atoms with Gasteiger partial charge in [-0.25, -0.2) is 4.98 Å². The van der Waals surface area contributed by atoms with E-state index in [-0.39, 0.29) is 12.5 Å². The van der Waals surface area contributed by atoms with Gasteiger partial charge >= 0.3 is 0 Å². The van der Waals surface area contributed by atoms with Crippen LogP contribution < -0.4 is 5.73 Å². The van der Waals surface area contributed by atoms with Crippen LogP contribution in [-0.4, -0.2) is 16.7 Å². The number of aliphatic hydroxyl groups is 1. The predicted molar refractivity (Wildman–Crippen MR) is 48.6 cm³/mol. The fraction of sp³-hybridized carbons (Fsp3) is 0.444. The first-order chi connectivity index (χ1) is 5.74. The number of rotatable bonds is 3. The summed E-state index contributed by atoms with van der Waals surface area (Å²) in [5.74, 6) is 0.814. The standard InChI is InChI=1S/C9H14N2O/c1-7(6-12)5-8-3-2-4-11-9(8)10/h2-4,7,12H,5-6H2,1H3,(H2,10,11). The summed E-state index contributed by atoms with van der Waals surface area (Å²) in [5.41, 5.74) is 6.64. The maximum absolute atomic E-state index is 8.83. The van der Waals surface area contributed by atoms with E-state index in [4.69, 9.17) is 10.8 Å². The topological polar surface area (TPSA) is 59.1 Å².